The van der Waals surface area contributed by atoms with E-state index in [9.17, 15) is 5.02 Å². The Morgan fingerprint density at radius 2 is 0.521 bits per heavy atom. The van der Waals surface area contributed by atoms with Crippen LogP contribution in [-0.2, 0) is 309 Å². The van der Waals surface area contributed by atoms with Crippen molar-refractivity contribution >= 4 is 71.0 Å². The summed E-state index contributed by atoms with van der Waals surface area (Å²) in [5.41, 5.74) is -0.445. The van der Waals surface area contributed by atoms with Gasteiger partial charge in [-0.2, -0.15) is 0 Å². The molecule has 0 bridgehead atoms. The number of rotatable bonds is 19. The molecule has 0 aliphatic heterocycles. The van der Waals surface area contributed by atoms with Gasteiger partial charge in [0.2, 0.25) is 0 Å². The molecule has 0 aliphatic carbocycles. The van der Waals surface area contributed by atoms with Gasteiger partial charge in [-0.05, 0) is 34.0 Å². The molecular formula is C29H84B10N3O20Y9-11. The smallest absolute Gasteiger partial charge is 0.487 e. The Labute approximate surface area is 663 Å². The molecule has 23 nitrogen and oxygen atoms in total. The monoisotopic (exact) mass is 1700 g/mol. The zero-order valence-corrected chi connectivity index (χ0v) is 70.0. The number of hydrogen-bond acceptors (Lipinski definition) is 23. The van der Waals surface area contributed by atoms with Crippen LogP contribution in [-0.4, -0.2) is 214 Å². The third-order valence-corrected chi connectivity index (χ3v) is 4.47. The standard InChI is InChI=1S/C16H40B3N3O8.2C2H6BO.5CH4BO2.4CH3.9Y/c1-6-16(10-28-7-13(2)20-17(5)23,11-29-8-14(3)21-18(24)25)12-30-9-15(4)22-19(26)27;2*1-3(2)4;5*1-2(3)4;;;;;;;;;;;;;/h13-15,20-27H,6-12H2,1-5H3;2*4H,1H2,2H3;5*3-4H,1H2;4*1H3;;;;;;;;;/q;11*-1;;;;;;;;;. The Hall–Kier alpha value is 9.66. The van der Waals surface area contributed by atoms with Gasteiger partial charge in [-0.1, -0.05) is 20.6 Å². The first-order valence-corrected chi connectivity index (χ1v) is 17.5. The van der Waals surface area contributed by atoms with Crippen LogP contribution >= 0.6 is 0 Å². The van der Waals surface area contributed by atoms with E-state index in [4.69, 9.17) is 94.6 Å². The molecule has 0 saturated carbocycles. The van der Waals surface area contributed by atoms with Gasteiger partial charge in [-0.25, -0.2) is 0 Å². The number of nitrogens with one attached hydrogen (secondary N) is 3. The SMILES string of the molecule is CCC(COCC(C)NB(C)O)(COCC(C)NB(O)O)COCC(C)NB(O)O.[CH2-]B(C)O.[CH2-]B(C)O.[CH2-]B(O)O.[CH2-]B(O)O.[CH2-]B(O)O.[CH2-]B(O)O.[CH2-]B(O)O.[CH3-].[CH3-].[CH3-].[CH3-].[Y].[Y].[Y].[Y].[Y].[Y].[Y].[Y].[Y]. The molecule has 0 aliphatic rings. The van der Waals surface area contributed by atoms with E-state index >= 15 is 0 Å². The van der Waals surface area contributed by atoms with Crippen LogP contribution in [0.4, 0.5) is 0 Å². The summed E-state index contributed by atoms with van der Waals surface area (Å²) in [5, 5.41) is 144. The second kappa shape index (κ2) is 108. The van der Waals surface area contributed by atoms with Crippen LogP contribution in [0.2, 0.25) is 20.5 Å². The van der Waals surface area contributed by atoms with E-state index in [1.807, 2.05) is 13.8 Å². The Morgan fingerprint density at radius 3 is 0.634 bits per heavy atom. The van der Waals surface area contributed by atoms with Crippen LogP contribution in [0.5, 0.6) is 0 Å². The van der Waals surface area contributed by atoms with Crippen molar-refractivity contribution in [1.29, 1.82) is 0 Å². The molecular weight excluding hydrogens is 1620 g/mol. The molecule has 0 aromatic rings. The summed E-state index contributed by atoms with van der Waals surface area (Å²) in [4.78, 5) is 0. The van der Waals surface area contributed by atoms with Crippen molar-refractivity contribution in [3.8, 4) is 0 Å². The van der Waals surface area contributed by atoms with E-state index in [0.717, 1.165) is 0 Å². The average Bonchev–Trinajstić information content (AvgIpc) is 2.93. The summed E-state index contributed by atoms with van der Waals surface area (Å²) in [5.74, 6) is 0. The Kier molecular flexibility index (Phi) is 218. The van der Waals surface area contributed by atoms with Crippen molar-refractivity contribution < 1.29 is 394 Å². The van der Waals surface area contributed by atoms with Gasteiger partial charge in [-0.15, -0.1) is 0 Å². The first-order chi connectivity index (χ1) is 26.1. The molecule has 20 N–H and O–H groups in total. The van der Waals surface area contributed by atoms with Crippen LogP contribution in [0, 0.1) is 82.9 Å². The summed E-state index contributed by atoms with van der Waals surface area (Å²) in [6.07, 6.45) is 0.708. The first kappa shape index (κ1) is 144. The average molecular weight is 1700 g/mol. The second-order valence-electron chi connectivity index (χ2n) is 12.1. The van der Waals surface area contributed by atoms with Gasteiger partial charge >= 0.3 is 21.6 Å². The van der Waals surface area contributed by atoms with E-state index < -0.39 is 76.4 Å². The predicted octanol–water partition coefficient (Wildman–Crippen LogP) is -6.70. The van der Waals surface area contributed by atoms with Crippen molar-refractivity contribution in [3.05, 3.63) is 77.5 Å². The topological polar surface area (TPSA) is 408 Å². The number of ether oxygens (including phenoxy) is 3. The molecule has 42 heteroatoms. The quantitative estimate of drug-likeness (QED) is 0.0422. The molecule has 71 heavy (non-hydrogen) atoms. The summed E-state index contributed by atoms with van der Waals surface area (Å²) in [7, 11) is -10.9. The van der Waals surface area contributed by atoms with Gasteiger partial charge in [0, 0.05) is 318 Å². The van der Waals surface area contributed by atoms with E-state index in [-0.39, 0.29) is 355 Å². The van der Waals surface area contributed by atoms with Crippen molar-refractivity contribution in [2.24, 2.45) is 5.41 Å². The first-order valence-electron chi connectivity index (χ1n) is 17.5. The molecule has 0 aromatic carbocycles. The minimum atomic E-state index is -1.61. The summed E-state index contributed by atoms with van der Waals surface area (Å²) < 4.78 is 17.5. The van der Waals surface area contributed by atoms with Crippen molar-refractivity contribution in [1.82, 2.24) is 15.7 Å². The third kappa shape index (κ3) is 230. The van der Waals surface area contributed by atoms with Crippen molar-refractivity contribution in [2.75, 3.05) is 39.6 Å². The van der Waals surface area contributed by atoms with E-state index in [2.05, 4.69) is 63.4 Å². The molecule has 0 aromatic heterocycles. The maximum Gasteiger partial charge on any atom is 0.549 e. The van der Waals surface area contributed by atoms with E-state index in [0.29, 0.717) is 32.8 Å². The molecule has 3 unspecified atom stereocenters. The molecule has 9 radical (unpaired) electrons. The van der Waals surface area contributed by atoms with Crippen LogP contribution in [0.1, 0.15) is 34.1 Å². The molecule has 0 amide bonds. The van der Waals surface area contributed by atoms with Gasteiger partial charge in [0.1, 0.15) is 13.8 Å². The van der Waals surface area contributed by atoms with Gasteiger partial charge in [0.05, 0.1) is 39.6 Å². The largest absolute Gasteiger partial charge is 0.549 e. The Balaban J connectivity index is -0.0000000269. The maximum absolute atomic E-state index is 9.40. The summed E-state index contributed by atoms with van der Waals surface area (Å²) in [6.45, 7) is 33.6. The van der Waals surface area contributed by atoms with E-state index in [1.54, 1.807) is 34.3 Å². The fourth-order valence-corrected chi connectivity index (χ4v) is 2.85. The molecule has 0 fully saturated rings. The van der Waals surface area contributed by atoms with Crippen LogP contribution < -0.4 is 15.7 Å². The van der Waals surface area contributed by atoms with E-state index in [1.165, 1.54) is 0 Å². The minimum Gasteiger partial charge on any atom is -0.487 e. The zero-order valence-electron chi connectivity index (χ0n) is 44.4. The minimum absolute atomic E-state index is 0. The second-order valence-corrected chi connectivity index (χ2v) is 12.1. The van der Waals surface area contributed by atoms with Gasteiger partial charge in [0.25, 0.3) is 35.6 Å². The van der Waals surface area contributed by atoms with Gasteiger partial charge in [0.15, 0.2) is 0 Å². The fraction of sp³-hybridized carbons (Fsp3) is 0.621. The number of hydrogen-bond donors (Lipinski definition) is 20. The van der Waals surface area contributed by atoms with Crippen LogP contribution in [0.3, 0.4) is 0 Å². The van der Waals surface area contributed by atoms with Crippen LogP contribution in [0.15, 0.2) is 0 Å². The fourth-order valence-electron chi connectivity index (χ4n) is 2.85. The molecule has 0 spiro atoms. The molecule has 0 saturated heterocycles. The predicted molar refractivity (Wildman–Crippen MR) is 259 cm³/mol. The van der Waals surface area contributed by atoms with Crippen LogP contribution in [0.25, 0.3) is 0 Å². The normalized spacial score (nSPS) is 9.68. The third-order valence-electron chi connectivity index (χ3n) is 4.47. The molecule has 0 rings (SSSR count). The Bertz CT molecular complexity index is 667. The molecule has 3 atom stereocenters. The van der Waals surface area contributed by atoms with Crippen molar-refractivity contribution in [2.45, 2.75) is 72.7 Å². The zero-order chi connectivity index (χ0) is 48.2. The van der Waals surface area contributed by atoms with Gasteiger partial charge < -0.3 is 182 Å². The summed E-state index contributed by atoms with van der Waals surface area (Å²) >= 11 is 0. The molecule has 0 heterocycles. The molecule has 403 valence electrons. The summed E-state index contributed by atoms with van der Waals surface area (Å²) in [6, 6.07) is -0.550. The van der Waals surface area contributed by atoms with Crippen molar-refractivity contribution in [3.63, 3.8) is 0 Å². The van der Waals surface area contributed by atoms with Gasteiger partial charge in [-0.3, -0.25) is 10.5 Å². The maximum atomic E-state index is 9.40. The Morgan fingerprint density at radius 1 is 0.380 bits per heavy atom.